The van der Waals surface area contributed by atoms with E-state index in [0.29, 0.717) is 6.54 Å². The van der Waals surface area contributed by atoms with Gasteiger partial charge in [0.1, 0.15) is 5.60 Å². The fourth-order valence-electron chi connectivity index (χ4n) is 2.98. The van der Waals surface area contributed by atoms with Crippen LogP contribution < -0.4 is 5.32 Å². The molecule has 0 radical (unpaired) electrons. The molecule has 116 valence electrons. The first-order chi connectivity index (χ1) is 9.30. The van der Waals surface area contributed by atoms with Crippen LogP contribution in [0.3, 0.4) is 0 Å². The van der Waals surface area contributed by atoms with Crippen molar-refractivity contribution in [3.8, 4) is 0 Å². The fourth-order valence-corrected chi connectivity index (χ4v) is 2.98. The van der Waals surface area contributed by atoms with Crippen molar-refractivity contribution in [3.05, 3.63) is 0 Å². The van der Waals surface area contributed by atoms with E-state index in [0.717, 1.165) is 38.9 Å². The summed E-state index contributed by atoms with van der Waals surface area (Å²) in [7, 11) is 0. The Kier molecular flexibility index (Phi) is 4.59. The highest BCUT2D eigenvalue weighted by molar-refractivity contribution is 5.68. The smallest absolute Gasteiger partial charge is 0.410 e. The quantitative estimate of drug-likeness (QED) is 0.740. The number of morpholine rings is 1. The van der Waals surface area contributed by atoms with Crippen LogP contribution in [-0.2, 0) is 9.47 Å². The monoisotopic (exact) mass is 284 g/mol. The predicted molar refractivity (Wildman–Crippen MR) is 77.8 cm³/mol. The molecule has 2 fully saturated rings. The van der Waals surface area contributed by atoms with Gasteiger partial charge in [-0.05, 0) is 47.0 Å². The van der Waals surface area contributed by atoms with E-state index in [1.54, 1.807) is 0 Å². The maximum atomic E-state index is 12.1. The molecule has 2 aliphatic heterocycles. The molecule has 1 N–H and O–H groups in total. The van der Waals surface area contributed by atoms with E-state index in [4.69, 9.17) is 9.47 Å². The minimum absolute atomic E-state index is 0.103. The molecule has 0 aromatic carbocycles. The highest BCUT2D eigenvalue weighted by Crippen LogP contribution is 2.29. The summed E-state index contributed by atoms with van der Waals surface area (Å²) in [4.78, 5) is 14.0. The fraction of sp³-hybridized carbons (Fsp3) is 0.933. The lowest BCUT2D eigenvalue weighted by Gasteiger charge is -2.40. The van der Waals surface area contributed by atoms with Gasteiger partial charge in [-0.25, -0.2) is 4.79 Å². The van der Waals surface area contributed by atoms with E-state index in [-0.39, 0.29) is 17.8 Å². The number of carbonyl (C=O) groups excluding carboxylic acids is 1. The standard InChI is InChI=1S/C15H28N2O3/c1-12-10-16-11-15(19-12)6-5-8-17(9-7-15)13(18)20-14(2,3)4/h12,16H,5-11H2,1-4H3/t12-,15?/m1/s1. The molecule has 2 atom stereocenters. The molecule has 20 heavy (non-hydrogen) atoms. The molecule has 0 bridgehead atoms. The van der Waals surface area contributed by atoms with Crippen molar-refractivity contribution in [2.24, 2.45) is 0 Å². The van der Waals surface area contributed by atoms with E-state index < -0.39 is 5.60 Å². The van der Waals surface area contributed by atoms with Crippen molar-refractivity contribution in [2.45, 2.75) is 64.3 Å². The van der Waals surface area contributed by atoms with Gasteiger partial charge in [-0.2, -0.15) is 0 Å². The summed E-state index contributed by atoms with van der Waals surface area (Å²) < 4.78 is 11.6. The lowest BCUT2D eigenvalue weighted by Crippen LogP contribution is -2.53. The van der Waals surface area contributed by atoms with Gasteiger partial charge >= 0.3 is 6.09 Å². The minimum atomic E-state index is -0.432. The first-order valence-corrected chi connectivity index (χ1v) is 7.66. The summed E-state index contributed by atoms with van der Waals surface area (Å²) in [6.07, 6.45) is 2.89. The van der Waals surface area contributed by atoms with Crippen molar-refractivity contribution in [2.75, 3.05) is 26.2 Å². The van der Waals surface area contributed by atoms with Gasteiger partial charge in [0.05, 0.1) is 11.7 Å². The molecule has 1 spiro atoms. The molecule has 5 heteroatoms. The second-order valence-corrected chi connectivity index (χ2v) is 7.06. The lowest BCUT2D eigenvalue weighted by atomic mass is 9.92. The average Bonchev–Trinajstić information content (AvgIpc) is 2.50. The van der Waals surface area contributed by atoms with Crippen LogP contribution >= 0.6 is 0 Å². The topological polar surface area (TPSA) is 50.8 Å². The van der Waals surface area contributed by atoms with Gasteiger partial charge in [0.2, 0.25) is 0 Å². The number of amides is 1. The van der Waals surface area contributed by atoms with Crippen molar-refractivity contribution < 1.29 is 14.3 Å². The SMILES string of the molecule is C[C@@H]1CNCC2(CCCN(C(=O)OC(C)(C)C)CC2)O1. The van der Waals surface area contributed by atoms with Crippen molar-refractivity contribution in [1.29, 1.82) is 0 Å². The van der Waals surface area contributed by atoms with Crippen LogP contribution in [0.25, 0.3) is 0 Å². The third kappa shape index (κ3) is 4.09. The van der Waals surface area contributed by atoms with Gasteiger partial charge in [0.25, 0.3) is 0 Å². The number of hydrogen-bond acceptors (Lipinski definition) is 4. The summed E-state index contributed by atoms with van der Waals surface area (Å²) in [5.74, 6) is 0. The zero-order chi connectivity index (χ0) is 14.8. The van der Waals surface area contributed by atoms with Gasteiger partial charge < -0.3 is 19.7 Å². The molecule has 1 amide bonds. The molecule has 0 aromatic rings. The Hall–Kier alpha value is -0.810. The van der Waals surface area contributed by atoms with Crippen molar-refractivity contribution in [3.63, 3.8) is 0 Å². The number of nitrogens with zero attached hydrogens (tertiary/aromatic N) is 1. The minimum Gasteiger partial charge on any atom is -0.444 e. The van der Waals surface area contributed by atoms with E-state index >= 15 is 0 Å². The number of hydrogen-bond donors (Lipinski definition) is 1. The highest BCUT2D eigenvalue weighted by Gasteiger charge is 2.38. The molecule has 2 rings (SSSR count). The van der Waals surface area contributed by atoms with Crippen LogP contribution in [-0.4, -0.2) is 54.5 Å². The molecule has 0 aromatic heterocycles. The normalized spacial score (nSPS) is 32.0. The molecule has 1 unspecified atom stereocenters. The molecule has 5 nitrogen and oxygen atoms in total. The maximum Gasteiger partial charge on any atom is 0.410 e. The van der Waals surface area contributed by atoms with Crippen molar-refractivity contribution >= 4 is 6.09 Å². The third-order valence-corrected chi connectivity index (χ3v) is 3.88. The summed E-state index contributed by atoms with van der Waals surface area (Å²) in [6.45, 7) is 11.1. The second-order valence-electron chi connectivity index (χ2n) is 7.06. The van der Waals surface area contributed by atoms with Gasteiger partial charge in [0, 0.05) is 26.2 Å². The lowest BCUT2D eigenvalue weighted by molar-refractivity contribution is -0.115. The molecule has 2 heterocycles. The van der Waals surface area contributed by atoms with Crippen LogP contribution in [0.15, 0.2) is 0 Å². The van der Waals surface area contributed by atoms with Crippen LogP contribution in [0.2, 0.25) is 0 Å². The molecule has 0 saturated carbocycles. The Morgan fingerprint density at radius 1 is 1.35 bits per heavy atom. The number of likely N-dealkylation sites (tertiary alicyclic amines) is 1. The predicted octanol–water partition coefficient (Wildman–Crippen LogP) is 2.15. The number of nitrogens with one attached hydrogen (secondary N) is 1. The van der Waals surface area contributed by atoms with E-state index in [9.17, 15) is 4.79 Å². The molecular weight excluding hydrogens is 256 g/mol. The highest BCUT2D eigenvalue weighted by atomic mass is 16.6. The summed E-state index contributed by atoms with van der Waals surface area (Å²) in [6, 6.07) is 0. The number of carbonyl (C=O) groups is 1. The Labute approximate surface area is 122 Å². The van der Waals surface area contributed by atoms with Crippen molar-refractivity contribution in [1.82, 2.24) is 10.2 Å². The molecular formula is C15H28N2O3. The van der Waals surface area contributed by atoms with Crippen LogP contribution in [0.4, 0.5) is 4.79 Å². The molecule has 2 saturated heterocycles. The van der Waals surface area contributed by atoms with Gasteiger partial charge in [0.15, 0.2) is 0 Å². The maximum absolute atomic E-state index is 12.1. The van der Waals surface area contributed by atoms with Gasteiger partial charge in [-0.1, -0.05) is 0 Å². The zero-order valence-electron chi connectivity index (χ0n) is 13.2. The zero-order valence-corrected chi connectivity index (χ0v) is 13.2. The van der Waals surface area contributed by atoms with Gasteiger partial charge in [-0.3, -0.25) is 0 Å². The first-order valence-electron chi connectivity index (χ1n) is 7.66. The Morgan fingerprint density at radius 3 is 2.75 bits per heavy atom. The number of rotatable bonds is 0. The third-order valence-electron chi connectivity index (χ3n) is 3.88. The van der Waals surface area contributed by atoms with E-state index in [2.05, 4.69) is 12.2 Å². The Bertz CT molecular complexity index is 354. The Morgan fingerprint density at radius 2 is 2.10 bits per heavy atom. The summed E-state index contributed by atoms with van der Waals surface area (Å²) in [5.41, 5.74) is -0.535. The second kappa shape index (κ2) is 5.90. The molecule has 0 aliphatic carbocycles. The van der Waals surface area contributed by atoms with E-state index in [1.165, 1.54) is 0 Å². The van der Waals surface area contributed by atoms with Crippen LogP contribution in [0.1, 0.15) is 47.0 Å². The average molecular weight is 284 g/mol. The first kappa shape index (κ1) is 15.6. The molecule has 2 aliphatic rings. The van der Waals surface area contributed by atoms with E-state index in [1.807, 2.05) is 25.7 Å². The van der Waals surface area contributed by atoms with Crippen LogP contribution in [0.5, 0.6) is 0 Å². The number of ether oxygens (including phenoxy) is 2. The summed E-state index contributed by atoms with van der Waals surface area (Å²) >= 11 is 0. The largest absolute Gasteiger partial charge is 0.444 e. The van der Waals surface area contributed by atoms with Gasteiger partial charge in [-0.15, -0.1) is 0 Å². The van der Waals surface area contributed by atoms with Crippen LogP contribution in [0, 0.1) is 0 Å². The summed E-state index contributed by atoms with van der Waals surface area (Å²) in [5, 5.41) is 3.45. The Balaban J connectivity index is 1.93.